The predicted molar refractivity (Wildman–Crippen MR) is 180 cm³/mol. The maximum absolute atomic E-state index is 15.6. The maximum Gasteiger partial charge on any atom is 0.355 e. The summed E-state index contributed by atoms with van der Waals surface area (Å²) >= 11 is 6.89. The monoisotopic (exact) mass is 638 g/mol. The van der Waals surface area contributed by atoms with Crippen LogP contribution in [0.25, 0.3) is 34.1 Å². The predicted octanol–water partition coefficient (Wildman–Crippen LogP) is 5.61. The minimum absolute atomic E-state index is 0.0448. The van der Waals surface area contributed by atoms with Crippen molar-refractivity contribution >= 4 is 56.1 Å². The summed E-state index contributed by atoms with van der Waals surface area (Å²) in [5, 5.41) is 0.453. The van der Waals surface area contributed by atoms with Crippen LogP contribution in [0.2, 0.25) is 5.02 Å². The SMILES string of the molecule is [B]C([B])=Cc1cccc(F)c1-c1nc2c(cc1Cl)c(N1[C@@H](C)CN(C(=O)C(=C)F)C[C@@H]1C)nc(=O)n2-c1c(C)ccnc1C(C)C. The average molecular weight is 639 g/mol. The first-order chi connectivity index (χ1) is 21.7. The molecule has 1 fully saturated rings. The first-order valence-electron chi connectivity index (χ1n) is 14.7. The maximum atomic E-state index is 15.6. The van der Waals surface area contributed by atoms with E-state index in [1.54, 1.807) is 24.4 Å². The lowest BCUT2D eigenvalue weighted by molar-refractivity contribution is -0.129. The van der Waals surface area contributed by atoms with Gasteiger partial charge in [-0.3, -0.25) is 9.78 Å². The van der Waals surface area contributed by atoms with Crippen LogP contribution in [0.5, 0.6) is 0 Å². The third kappa shape index (κ3) is 5.98. The molecule has 0 aliphatic carbocycles. The number of aryl methyl sites for hydroxylation is 1. The number of anilines is 1. The van der Waals surface area contributed by atoms with Crippen LogP contribution in [-0.2, 0) is 4.79 Å². The Labute approximate surface area is 273 Å². The number of piperazine rings is 1. The van der Waals surface area contributed by atoms with Gasteiger partial charge in [0.05, 0.1) is 43.2 Å². The molecule has 0 N–H and O–H groups in total. The summed E-state index contributed by atoms with van der Waals surface area (Å²) in [5.41, 5.74) is 1.88. The zero-order valence-electron chi connectivity index (χ0n) is 26.2. The van der Waals surface area contributed by atoms with Crippen molar-refractivity contribution in [2.75, 3.05) is 18.0 Å². The molecule has 5 rings (SSSR count). The second-order valence-corrected chi connectivity index (χ2v) is 12.2. The van der Waals surface area contributed by atoms with E-state index in [0.717, 1.165) is 5.56 Å². The number of benzene rings is 1. The molecule has 0 saturated carbocycles. The van der Waals surface area contributed by atoms with Crippen molar-refractivity contribution in [3.63, 3.8) is 0 Å². The number of carbonyl (C=O) groups excluding carboxylic acids is 1. The number of hydrogen-bond donors (Lipinski definition) is 0. The number of carbonyl (C=O) groups is 1. The van der Waals surface area contributed by atoms with Crippen molar-refractivity contribution in [3.05, 3.63) is 92.5 Å². The van der Waals surface area contributed by atoms with Gasteiger partial charge in [-0.1, -0.05) is 50.2 Å². The van der Waals surface area contributed by atoms with Crippen molar-refractivity contribution < 1.29 is 13.6 Å². The first kappa shape index (κ1) is 33.1. The highest BCUT2D eigenvalue weighted by atomic mass is 35.5. The van der Waals surface area contributed by atoms with Crippen LogP contribution >= 0.6 is 11.6 Å². The van der Waals surface area contributed by atoms with E-state index in [9.17, 15) is 14.0 Å². The van der Waals surface area contributed by atoms with Gasteiger partial charge in [0, 0.05) is 36.9 Å². The van der Waals surface area contributed by atoms with Gasteiger partial charge in [-0.15, -0.1) is 0 Å². The second-order valence-electron chi connectivity index (χ2n) is 11.8. The van der Waals surface area contributed by atoms with Crippen LogP contribution in [0.15, 0.2) is 59.1 Å². The van der Waals surface area contributed by atoms with Crippen molar-refractivity contribution in [1.29, 1.82) is 0 Å². The standard InChI is InChI=1S/C33H31B2ClF2N6O2/c1-16(2)27-29(17(3)10-11-39-27)44-30-22(13-23(36)28(40-30)26-21(12-25(34)35)8-7-9-24(26)38)31(41-33(44)46)43-18(4)14-42(15-19(43)5)32(45)20(6)37/h7-13,16,18-19H,6,14-15H2,1-5H3/t18-,19-/m0/s1. The van der Waals surface area contributed by atoms with Gasteiger partial charge in [-0.25, -0.2) is 23.1 Å². The molecule has 1 aliphatic rings. The first-order valence-corrected chi connectivity index (χ1v) is 15.1. The Bertz CT molecular complexity index is 1970. The van der Waals surface area contributed by atoms with Crippen molar-refractivity contribution in [2.24, 2.45) is 0 Å². The minimum atomic E-state index is -1.05. The van der Waals surface area contributed by atoms with Gasteiger partial charge in [-0.05, 0) is 56.0 Å². The molecule has 1 aromatic carbocycles. The minimum Gasteiger partial charge on any atom is -0.347 e. The zero-order chi connectivity index (χ0) is 33.6. The van der Waals surface area contributed by atoms with E-state index in [0.29, 0.717) is 22.3 Å². The van der Waals surface area contributed by atoms with E-state index in [2.05, 4.69) is 16.5 Å². The van der Waals surface area contributed by atoms with Gasteiger partial charge in [0.2, 0.25) is 0 Å². The summed E-state index contributed by atoms with van der Waals surface area (Å²) in [6.45, 7) is 12.9. The van der Waals surface area contributed by atoms with Crippen molar-refractivity contribution in [2.45, 2.75) is 52.6 Å². The van der Waals surface area contributed by atoms with Crippen LogP contribution in [0.3, 0.4) is 0 Å². The molecular weight excluding hydrogens is 607 g/mol. The molecule has 0 spiro atoms. The Kier molecular flexibility index (Phi) is 9.22. The number of rotatable bonds is 6. The lowest BCUT2D eigenvalue weighted by atomic mass is 9.77. The molecule has 3 aromatic heterocycles. The lowest BCUT2D eigenvalue weighted by Crippen LogP contribution is -2.59. The highest BCUT2D eigenvalue weighted by molar-refractivity contribution is 6.50. The fourth-order valence-electron chi connectivity index (χ4n) is 6.13. The molecule has 1 aliphatic heterocycles. The molecule has 232 valence electrons. The highest BCUT2D eigenvalue weighted by Crippen LogP contribution is 2.38. The van der Waals surface area contributed by atoms with Crippen LogP contribution in [0, 0.1) is 12.7 Å². The molecule has 1 amide bonds. The van der Waals surface area contributed by atoms with Gasteiger partial charge in [0.25, 0.3) is 5.91 Å². The molecular formula is C33H31B2ClF2N6O2. The topological polar surface area (TPSA) is 84.2 Å². The van der Waals surface area contributed by atoms with E-state index >= 15 is 4.39 Å². The Balaban J connectivity index is 1.86. The van der Waals surface area contributed by atoms with E-state index in [1.165, 1.54) is 27.7 Å². The molecule has 1 saturated heterocycles. The Morgan fingerprint density at radius 2 is 1.83 bits per heavy atom. The smallest absolute Gasteiger partial charge is 0.347 e. The molecule has 4 radical (unpaired) electrons. The number of aromatic nitrogens is 4. The average Bonchev–Trinajstić information content (AvgIpc) is 2.96. The number of halogens is 3. The number of fused-ring (bicyclic) bond motifs is 1. The second kappa shape index (κ2) is 12.8. The Morgan fingerprint density at radius 1 is 1.15 bits per heavy atom. The zero-order valence-corrected chi connectivity index (χ0v) is 26.9. The third-order valence-corrected chi connectivity index (χ3v) is 8.30. The van der Waals surface area contributed by atoms with Crippen LogP contribution < -0.4 is 10.6 Å². The summed E-state index contributed by atoms with van der Waals surface area (Å²) < 4.78 is 30.7. The molecule has 0 unspecified atom stereocenters. The summed E-state index contributed by atoms with van der Waals surface area (Å²) in [6.07, 6.45) is 3.08. The Morgan fingerprint density at radius 3 is 2.43 bits per heavy atom. The fraction of sp³-hybridized carbons (Fsp3) is 0.303. The molecule has 4 heterocycles. The fourth-order valence-corrected chi connectivity index (χ4v) is 6.38. The number of amides is 1. The van der Waals surface area contributed by atoms with Crippen LogP contribution in [-0.4, -0.2) is 71.2 Å². The summed E-state index contributed by atoms with van der Waals surface area (Å²) in [6, 6.07) is 7.02. The Hall–Kier alpha value is -4.31. The van der Waals surface area contributed by atoms with Crippen molar-refractivity contribution in [3.8, 4) is 16.9 Å². The van der Waals surface area contributed by atoms with Gasteiger partial charge in [-0.2, -0.15) is 10.4 Å². The summed E-state index contributed by atoms with van der Waals surface area (Å²) in [7, 11) is 11.5. The molecule has 46 heavy (non-hydrogen) atoms. The van der Waals surface area contributed by atoms with Gasteiger partial charge in [0.1, 0.15) is 11.6 Å². The molecule has 2 atom stereocenters. The number of pyridine rings is 2. The van der Waals surface area contributed by atoms with Gasteiger partial charge >= 0.3 is 5.69 Å². The summed E-state index contributed by atoms with van der Waals surface area (Å²) in [4.78, 5) is 43.9. The van der Waals surface area contributed by atoms with Gasteiger partial charge in [0.15, 0.2) is 11.5 Å². The highest BCUT2D eigenvalue weighted by Gasteiger charge is 2.36. The largest absolute Gasteiger partial charge is 0.355 e. The molecule has 4 aromatic rings. The third-order valence-electron chi connectivity index (χ3n) is 8.01. The number of hydrogen-bond acceptors (Lipinski definition) is 6. The van der Waals surface area contributed by atoms with E-state index < -0.39 is 35.3 Å². The molecule has 13 heteroatoms. The summed E-state index contributed by atoms with van der Waals surface area (Å²) in [5.74, 6) is -2.26. The number of nitrogens with zero attached hydrogens (tertiary/aromatic N) is 6. The van der Waals surface area contributed by atoms with E-state index in [4.69, 9.17) is 32.3 Å². The normalized spacial score (nSPS) is 16.6. The van der Waals surface area contributed by atoms with E-state index in [1.807, 2.05) is 39.5 Å². The van der Waals surface area contributed by atoms with Gasteiger partial charge < -0.3 is 9.80 Å². The quantitative estimate of drug-likeness (QED) is 0.202. The van der Waals surface area contributed by atoms with E-state index in [-0.39, 0.29) is 52.1 Å². The van der Waals surface area contributed by atoms with Crippen LogP contribution in [0.1, 0.15) is 50.4 Å². The molecule has 8 nitrogen and oxygen atoms in total. The van der Waals surface area contributed by atoms with Crippen molar-refractivity contribution in [1.82, 2.24) is 24.4 Å². The van der Waals surface area contributed by atoms with Crippen LogP contribution in [0.4, 0.5) is 14.6 Å². The lowest BCUT2D eigenvalue weighted by Gasteiger charge is -2.45. The molecule has 0 bridgehead atoms.